The third-order valence-electron chi connectivity index (χ3n) is 3.85. The maximum Gasteiger partial charge on any atom is 0.105 e. The Morgan fingerprint density at radius 2 is 1.29 bits per heavy atom. The number of hydrogen-bond acceptors (Lipinski definition) is 1. The van der Waals surface area contributed by atoms with Gasteiger partial charge in [-0.15, -0.1) is 4.55 Å². The van der Waals surface area contributed by atoms with Gasteiger partial charge in [-0.1, -0.05) is 59.2 Å². The van der Waals surface area contributed by atoms with Crippen LogP contribution in [0.25, 0.3) is 0 Å². The molecule has 1 unspecified atom stereocenters. The van der Waals surface area contributed by atoms with E-state index in [9.17, 15) is 4.55 Å². The highest BCUT2D eigenvalue weighted by atomic mass is 35.5. The standard InChI is InChI=1S/C20H25ClNOS/c1-19(2,3)14-11-15(20(4,5)6)13-17(12-14)22-24(23)18-9-7-16(21)8-10-18/h7-13H,1-6H3. The summed E-state index contributed by atoms with van der Waals surface area (Å²) in [6, 6.07) is 13.3. The van der Waals surface area contributed by atoms with E-state index in [0.717, 1.165) is 5.69 Å². The van der Waals surface area contributed by atoms with Gasteiger partial charge in [0.1, 0.15) is 11.0 Å². The van der Waals surface area contributed by atoms with Crippen LogP contribution in [-0.2, 0) is 26.4 Å². The molecular formula is C20H25ClNOS. The molecule has 0 aliphatic carbocycles. The first-order chi connectivity index (χ1) is 11.0. The highest BCUT2D eigenvalue weighted by Gasteiger charge is 2.20. The van der Waals surface area contributed by atoms with Gasteiger partial charge in [0, 0.05) is 9.92 Å². The molecule has 2 aromatic rings. The molecule has 0 aliphatic heterocycles. The maximum absolute atomic E-state index is 12.5. The van der Waals surface area contributed by atoms with Gasteiger partial charge in [0.05, 0.1) is 5.69 Å². The van der Waals surface area contributed by atoms with Crippen molar-refractivity contribution in [2.75, 3.05) is 0 Å². The quantitative estimate of drug-likeness (QED) is 0.564. The number of hydrogen-bond donors (Lipinski definition) is 0. The van der Waals surface area contributed by atoms with E-state index in [-0.39, 0.29) is 10.8 Å². The van der Waals surface area contributed by atoms with Crippen LogP contribution in [-0.4, -0.2) is 0 Å². The summed E-state index contributed by atoms with van der Waals surface area (Å²) in [6.45, 7) is 13.1. The number of halogens is 1. The Morgan fingerprint density at radius 3 is 1.71 bits per heavy atom. The van der Waals surface area contributed by atoms with Crippen molar-refractivity contribution < 1.29 is 4.55 Å². The molecule has 0 aliphatic rings. The first kappa shape index (κ1) is 19.2. The third-order valence-corrected chi connectivity index (χ3v) is 5.16. The molecule has 0 fully saturated rings. The molecule has 0 N–H and O–H groups in total. The van der Waals surface area contributed by atoms with Gasteiger partial charge < -0.3 is 0 Å². The molecule has 0 spiro atoms. The van der Waals surface area contributed by atoms with Gasteiger partial charge in [0.25, 0.3) is 0 Å². The lowest BCUT2D eigenvalue weighted by atomic mass is 9.80. The summed E-state index contributed by atoms with van der Waals surface area (Å²) < 4.78 is 17.0. The first-order valence-electron chi connectivity index (χ1n) is 8.02. The highest BCUT2D eigenvalue weighted by Crippen LogP contribution is 2.33. The molecule has 0 heterocycles. The SMILES string of the molecule is CC(C)(C)c1cc(N=S([O])c2ccc(Cl)cc2)cc(C(C)(C)C)c1. The molecule has 0 saturated heterocycles. The van der Waals surface area contributed by atoms with E-state index in [0.29, 0.717) is 9.92 Å². The summed E-state index contributed by atoms with van der Waals surface area (Å²) in [5.74, 6) is 0. The molecule has 24 heavy (non-hydrogen) atoms. The predicted octanol–water partition coefficient (Wildman–Crippen LogP) is 6.77. The zero-order chi connectivity index (χ0) is 18.1. The lowest BCUT2D eigenvalue weighted by Gasteiger charge is -2.25. The molecule has 2 rings (SSSR count). The van der Waals surface area contributed by atoms with Gasteiger partial charge >= 0.3 is 0 Å². The van der Waals surface area contributed by atoms with Crippen LogP contribution in [0.15, 0.2) is 51.7 Å². The largest absolute Gasteiger partial charge is 0.195 e. The average molecular weight is 363 g/mol. The minimum absolute atomic E-state index is 0.00724. The summed E-state index contributed by atoms with van der Waals surface area (Å²) in [7, 11) is -1.45. The van der Waals surface area contributed by atoms with Crippen LogP contribution < -0.4 is 0 Å². The summed E-state index contributed by atoms with van der Waals surface area (Å²) in [5, 5.41) is 0.625. The fourth-order valence-electron chi connectivity index (χ4n) is 2.23. The minimum Gasteiger partial charge on any atom is -0.195 e. The van der Waals surface area contributed by atoms with Crippen molar-refractivity contribution in [3.63, 3.8) is 0 Å². The van der Waals surface area contributed by atoms with Crippen molar-refractivity contribution in [3.8, 4) is 0 Å². The van der Waals surface area contributed by atoms with Crippen LogP contribution in [0.5, 0.6) is 0 Å². The fraction of sp³-hybridized carbons (Fsp3) is 0.400. The van der Waals surface area contributed by atoms with Gasteiger partial charge in [-0.3, -0.25) is 0 Å². The van der Waals surface area contributed by atoms with Crippen LogP contribution >= 0.6 is 11.6 Å². The Kier molecular flexibility index (Phi) is 5.58. The highest BCUT2D eigenvalue weighted by molar-refractivity contribution is 7.81. The van der Waals surface area contributed by atoms with Crippen LogP contribution in [0.4, 0.5) is 5.69 Å². The lowest BCUT2D eigenvalue weighted by Crippen LogP contribution is -2.16. The van der Waals surface area contributed by atoms with Crippen molar-refractivity contribution >= 4 is 28.3 Å². The second-order valence-corrected chi connectivity index (χ2v) is 9.65. The number of nitrogens with zero attached hydrogens (tertiary/aromatic N) is 1. The molecular weight excluding hydrogens is 338 g/mol. The Bertz CT molecular complexity index is 720. The molecule has 0 bridgehead atoms. The summed E-state index contributed by atoms with van der Waals surface area (Å²) >= 11 is 5.89. The zero-order valence-electron chi connectivity index (χ0n) is 15.2. The van der Waals surface area contributed by atoms with Crippen molar-refractivity contribution in [1.82, 2.24) is 0 Å². The lowest BCUT2D eigenvalue weighted by molar-refractivity contribution is 0.518. The Labute approximate surface area is 153 Å². The molecule has 129 valence electrons. The second kappa shape index (κ2) is 6.99. The van der Waals surface area contributed by atoms with Gasteiger partial charge in [0.15, 0.2) is 0 Å². The molecule has 4 heteroatoms. The van der Waals surface area contributed by atoms with Crippen LogP contribution in [0.1, 0.15) is 52.7 Å². The van der Waals surface area contributed by atoms with E-state index in [1.54, 1.807) is 24.3 Å². The number of benzene rings is 2. The average Bonchev–Trinajstić information content (AvgIpc) is 2.45. The number of rotatable bonds is 2. The molecule has 2 aromatic carbocycles. The van der Waals surface area contributed by atoms with Crippen LogP contribution in [0.2, 0.25) is 5.02 Å². The first-order valence-corrected chi connectivity index (χ1v) is 9.50. The summed E-state index contributed by atoms with van der Waals surface area (Å²) in [6.07, 6.45) is 0. The smallest absolute Gasteiger partial charge is 0.105 e. The van der Waals surface area contributed by atoms with E-state index >= 15 is 0 Å². The monoisotopic (exact) mass is 362 g/mol. The van der Waals surface area contributed by atoms with E-state index in [2.05, 4.69) is 52.0 Å². The van der Waals surface area contributed by atoms with Crippen LogP contribution in [0.3, 0.4) is 0 Å². The normalized spacial score (nSPS) is 14.0. The third kappa shape index (κ3) is 4.92. The van der Waals surface area contributed by atoms with E-state index in [1.807, 2.05) is 12.1 Å². The maximum atomic E-state index is 12.5. The van der Waals surface area contributed by atoms with Gasteiger partial charge in [-0.2, -0.15) is 4.36 Å². The van der Waals surface area contributed by atoms with E-state index < -0.39 is 11.0 Å². The molecule has 0 saturated carbocycles. The molecule has 1 atom stereocenters. The van der Waals surface area contributed by atoms with Crippen molar-refractivity contribution in [2.45, 2.75) is 57.3 Å². The Balaban J connectivity index is 2.52. The van der Waals surface area contributed by atoms with Crippen molar-refractivity contribution in [2.24, 2.45) is 4.36 Å². The molecule has 1 radical (unpaired) electrons. The van der Waals surface area contributed by atoms with Crippen LogP contribution in [0, 0.1) is 0 Å². The van der Waals surface area contributed by atoms with Gasteiger partial charge in [-0.25, -0.2) is 0 Å². The fourth-order valence-corrected chi connectivity index (χ4v) is 3.13. The van der Waals surface area contributed by atoms with Gasteiger partial charge in [0.2, 0.25) is 0 Å². The Hall–Kier alpha value is -1.16. The zero-order valence-corrected chi connectivity index (χ0v) is 16.8. The predicted molar refractivity (Wildman–Crippen MR) is 104 cm³/mol. The second-order valence-electron chi connectivity index (χ2n) is 8.06. The molecule has 0 amide bonds. The molecule has 0 aromatic heterocycles. The summed E-state index contributed by atoms with van der Waals surface area (Å²) in [4.78, 5) is 0.651. The Morgan fingerprint density at radius 1 is 0.833 bits per heavy atom. The van der Waals surface area contributed by atoms with E-state index in [1.165, 1.54) is 11.1 Å². The minimum atomic E-state index is -1.45. The summed E-state index contributed by atoms with van der Waals surface area (Å²) in [5.41, 5.74) is 3.16. The van der Waals surface area contributed by atoms with Crippen molar-refractivity contribution in [3.05, 3.63) is 58.6 Å². The topological polar surface area (TPSA) is 32.3 Å². The van der Waals surface area contributed by atoms with Crippen molar-refractivity contribution in [1.29, 1.82) is 0 Å². The van der Waals surface area contributed by atoms with Gasteiger partial charge in [-0.05, 0) is 58.4 Å². The molecule has 2 nitrogen and oxygen atoms in total. The van der Waals surface area contributed by atoms with E-state index in [4.69, 9.17) is 11.6 Å².